The zero-order chi connectivity index (χ0) is 19.4. The molecule has 1 aliphatic heterocycles. The van der Waals surface area contributed by atoms with Crippen LogP contribution in [0.5, 0.6) is 11.5 Å². The minimum Gasteiger partial charge on any atom is -0.490 e. The number of halogens is 2. The molecule has 0 spiro atoms. The van der Waals surface area contributed by atoms with Crippen LogP contribution in [-0.4, -0.2) is 17.7 Å². The molecule has 0 saturated carbocycles. The number of hydrogen-bond donors (Lipinski definition) is 1. The average molecular weight is 512 g/mol. The van der Waals surface area contributed by atoms with E-state index in [9.17, 15) is 4.79 Å². The predicted octanol–water partition coefficient (Wildman–Crippen LogP) is 5.12. The van der Waals surface area contributed by atoms with Gasteiger partial charge in [0.25, 0.3) is 5.91 Å². The Morgan fingerprint density at radius 2 is 1.93 bits per heavy atom. The Labute approximate surface area is 178 Å². The maximum absolute atomic E-state index is 11.8. The fourth-order valence-corrected chi connectivity index (χ4v) is 3.91. The van der Waals surface area contributed by atoms with E-state index in [0.717, 1.165) is 31.8 Å². The molecule has 140 valence electrons. The van der Waals surface area contributed by atoms with Gasteiger partial charge in [0.15, 0.2) is 16.7 Å². The van der Waals surface area contributed by atoms with Crippen LogP contribution in [0.1, 0.15) is 18.1 Å². The number of hydrogen-bond acceptors (Lipinski definition) is 5. The maximum atomic E-state index is 11.8. The first-order valence-electron chi connectivity index (χ1n) is 8.08. The number of rotatable bonds is 6. The first-order valence-corrected chi connectivity index (χ1v) is 10.5. The molecule has 1 aliphatic rings. The Balaban J connectivity index is 1.85. The topological polar surface area (TPSA) is 73.9 Å². The monoisotopic (exact) mass is 510 g/mol. The highest BCUT2D eigenvalue weighted by Crippen LogP contribution is 2.39. The summed E-state index contributed by atoms with van der Waals surface area (Å²) in [6, 6.07) is 11.6. The van der Waals surface area contributed by atoms with E-state index in [1.807, 2.05) is 43.3 Å². The number of amides is 1. The second kappa shape index (κ2) is 8.95. The summed E-state index contributed by atoms with van der Waals surface area (Å²) in [4.78, 5) is 16.0. The quantitative estimate of drug-likeness (QED) is 0.545. The van der Waals surface area contributed by atoms with E-state index in [-0.39, 0.29) is 11.1 Å². The summed E-state index contributed by atoms with van der Waals surface area (Å²) < 4.78 is 13.5. The summed E-state index contributed by atoms with van der Waals surface area (Å²) in [5, 5.41) is 0.254. The smallest absolute Gasteiger partial charge is 0.286 e. The molecule has 0 unspecified atom stereocenters. The second-order valence-corrected chi connectivity index (χ2v) is 8.38. The molecule has 0 radical (unpaired) electrons. The summed E-state index contributed by atoms with van der Waals surface area (Å²) in [5.41, 5.74) is 7.43. The van der Waals surface area contributed by atoms with E-state index in [1.54, 1.807) is 6.08 Å². The first-order chi connectivity index (χ1) is 13.0. The van der Waals surface area contributed by atoms with Crippen molar-refractivity contribution in [2.75, 3.05) is 6.61 Å². The van der Waals surface area contributed by atoms with Crippen molar-refractivity contribution < 1.29 is 14.3 Å². The van der Waals surface area contributed by atoms with E-state index in [0.29, 0.717) is 29.6 Å². The number of aliphatic imine (C=N–C) groups is 1. The zero-order valence-electron chi connectivity index (χ0n) is 14.4. The van der Waals surface area contributed by atoms with E-state index >= 15 is 0 Å². The third-order valence-electron chi connectivity index (χ3n) is 3.56. The third kappa shape index (κ3) is 5.15. The molecule has 27 heavy (non-hydrogen) atoms. The molecule has 0 aromatic heterocycles. The summed E-state index contributed by atoms with van der Waals surface area (Å²) in [6.45, 7) is 2.80. The van der Waals surface area contributed by atoms with Crippen LogP contribution in [0.2, 0.25) is 0 Å². The minimum atomic E-state index is -0.331. The van der Waals surface area contributed by atoms with Gasteiger partial charge in [0.05, 0.1) is 16.0 Å². The van der Waals surface area contributed by atoms with Gasteiger partial charge < -0.3 is 15.2 Å². The fourth-order valence-electron chi connectivity index (χ4n) is 2.39. The third-order valence-corrected chi connectivity index (χ3v) is 5.49. The standard InChI is InChI=1S/C19H16Br2N2O3S/c1-2-25-15-8-12(9-16-18(24)23-19(22)27-16)7-14(21)17(15)26-10-11-3-5-13(20)6-4-11/h3-9H,2,10H2,1H3,(H2,22,23,24). The Morgan fingerprint density at radius 1 is 1.19 bits per heavy atom. The summed E-state index contributed by atoms with van der Waals surface area (Å²) >= 11 is 8.12. The van der Waals surface area contributed by atoms with E-state index in [2.05, 4.69) is 36.9 Å². The number of amidine groups is 1. The normalized spacial score (nSPS) is 15.1. The van der Waals surface area contributed by atoms with Crippen molar-refractivity contribution in [2.45, 2.75) is 13.5 Å². The van der Waals surface area contributed by atoms with Crippen LogP contribution >= 0.6 is 43.6 Å². The van der Waals surface area contributed by atoms with Gasteiger partial charge in [-0.05, 0) is 76.1 Å². The molecule has 2 aromatic rings. The van der Waals surface area contributed by atoms with Crippen LogP contribution in [0.3, 0.4) is 0 Å². The highest BCUT2D eigenvalue weighted by molar-refractivity contribution is 9.10. The minimum absolute atomic E-state index is 0.254. The number of carbonyl (C=O) groups is 1. The van der Waals surface area contributed by atoms with Crippen molar-refractivity contribution in [1.29, 1.82) is 0 Å². The Kier molecular flexibility index (Phi) is 6.62. The Hall–Kier alpha value is -1.77. The van der Waals surface area contributed by atoms with E-state index < -0.39 is 0 Å². The van der Waals surface area contributed by atoms with Gasteiger partial charge in [-0.25, -0.2) is 0 Å². The van der Waals surface area contributed by atoms with Crippen LogP contribution in [0, 0.1) is 0 Å². The van der Waals surface area contributed by atoms with Crippen LogP contribution in [0.25, 0.3) is 6.08 Å². The summed E-state index contributed by atoms with van der Waals surface area (Å²) in [7, 11) is 0. The predicted molar refractivity (Wildman–Crippen MR) is 116 cm³/mol. The van der Waals surface area contributed by atoms with Gasteiger partial charge in [-0.15, -0.1) is 0 Å². The maximum Gasteiger partial charge on any atom is 0.286 e. The summed E-state index contributed by atoms with van der Waals surface area (Å²) in [6.07, 6.45) is 1.74. The number of thioether (sulfide) groups is 1. The van der Waals surface area contributed by atoms with Crippen molar-refractivity contribution in [2.24, 2.45) is 10.7 Å². The van der Waals surface area contributed by atoms with Gasteiger partial charge in [0, 0.05) is 4.47 Å². The highest BCUT2D eigenvalue weighted by atomic mass is 79.9. The van der Waals surface area contributed by atoms with Gasteiger partial charge >= 0.3 is 0 Å². The molecule has 0 atom stereocenters. The van der Waals surface area contributed by atoms with Crippen molar-refractivity contribution in [3.63, 3.8) is 0 Å². The Morgan fingerprint density at radius 3 is 2.56 bits per heavy atom. The lowest BCUT2D eigenvalue weighted by atomic mass is 10.2. The largest absolute Gasteiger partial charge is 0.490 e. The first kappa shape index (κ1) is 20.0. The van der Waals surface area contributed by atoms with Crippen molar-refractivity contribution in [3.8, 4) is 11.5 Å². The molecule has 2 N–H and O–H groups in total. The van der Waals surface area contributed by atoms with Gasteiger partial charge in [-0.2, -0.15) is 4.99 Å². The number of carbonyl (C=O) groups excluding carboxylic acids is 1. The molecule has 1 amide bonds. The SMILES string of the molecule is CCOc1cc(C=C2SC(N)=NC2=O)cc(Br)c1OCc1ccc(Br)cc1. The average Bonchev–Trinajstić information content (AvgIpc) is 2.93. The molecule has 8 heteroatoms. The molecule has 0 fully saturated rings. The molecule has 0 bridgehead atoms. The molecule has 2 aromatic carbocycles. The molecular formula is C19H16Br2N2O3S. The molecule has 3 rings (SSSR count). The lowest BCUT2D eigenvalue weighted by molar-refractivity contribution is -0.113. The molecule has 0 aliphatic carbocycles. The summed E-state index contributed by atoms with van der Waals surface area (Å²) in [5.74, 6) is 0.880. The molecule has 0 saturated heterocycles. The number of ether oxygens (including phenoxy) is 2. The number of nitrogens with two attached hydrogens (primary N) is 1. The lowest BCUT2D eigenvalue weighted by Crippen LogP contribution is -2.01. The van der Waals surface area contributed by atoms with E-state index in [4.69, 9.17) is 15.2 Å². The fraction of sp³-hybridized carbons (Fsp3) is 0.158. The van der Waals surface area contributed by atoms with Gasteiger partial charge in [-0.3, -0.25) is 4.79 Å². The van der Waals surface area contributed by atoms with Crippen LogP contribution in [0.15, 0.2) is 55.2 Å². The van der Waals surface area contributed by atoms with Gasteiger partial charge in [0.1, 0.15) is 6.61 Å². The second-order valence-electron chi connectivity index (χ2n) is 5.54. The number of benzene rings is 2. The molecule has 1 heterocycles. The molecular weight excluding hydrogens is 496 g/mol. The number of nitrogens with zero attached hydrogens (tertiary/aromatic N) is 1. The highest BCUT2D eigenvalue weighted by Gasteiger charge is 2.20. The van der Waals surface area contributed by atoms with Gasteiger partial charge in [-0.1, -0.05) is 28.1 Å². The molecule has 5 nitrogen and oxygen atoms in total. The van der Waals surface area contributed by atoms with Crippen molar-refractivity contribution >= 4 is 60.8 Å². The van der Waals surface area contributed by atoms with Crippen LogP contribution in [0.4, 0.5) is 0 Å². The van der Waals surface area contributed by atoms with Crippen LogP contribution < -0.4 is 15.2 Å². The Bertz CT molecular complexity index is 927. The van der Waals surface area contributed by atoms with Crippen molar-refractivity contribution in [3.05, 3.63) is 61.4 Å². The van der Waals surface area contributed by atoms with Crippen molar-refractivity contribution in [1.82, 2.24) is 0 Å². The van der Waals surface area contributed by atoms with Gasteiger partial charge in [0.2, 0.25) is 0 Å². The lowest BCUT2D eigenvalue weighted by Gasteiger charge is -2.15. The zero-order valence-corrected chi connectivity index (χ0v) is 18.4. The van der Waals surface area contributed by atoms with E-state index in [1.165, 1.54) is 0 Å². The van der Waals surface area contributed by atoms with Crippen LogP contribution in [-0.2, 0) is 11.4 Å².